The Morgan fingerprint density at radius 3 is 2.20 bits per heavy atom. The summed E-state index contributed by atoms with van der Waals surface area (Å²) in [6, 6.07) is 9.35. The summed E-state index contributed by atoms with van der Waals surface area (Å²) < 4.78 is 6.67. The number of ether oxygens (including phenoxy) is 1. The minimum absolute atomic E-state index is 0.515. The van der Waals surface area contributed by atoms with E-state index >= 15 is 0 Å². The maximum Gasteiger partial charge on any atom is 0.128 e. The van der Waals surface area contributed by atoms with Crippen LogP contribution in [-0.2, 0) is 0 Å². The maximum atomic E-state index is 9.60. The van der Waals surface area contributed by atoms with E-state index in [9.17, 15) is 5.11 Å². The molecule has 0 aliphatic carbocycles. The van der Waals surface area contributed by atoms with Crippen LogP contribution in [0.25, 0.3) is 0 Å². The van der Waals surface area contributed by atoms with E-state index in [1.165, 1.54) is 0 Å². The molecule has 0 aliphatic heterocycles. The Labute approximate surface area is 132 Å². The lowest BCUT2D eigenvalue weighted by Crippen LogP contribution is -1.93. The van der Waals surface area contributed by atoms with Crippen LogP contribution in [0, 0.1) is 13.8 Å². The summed E-state index contributed by atoms with van der Waals surface area (Å²) in [5, 5.41) is 10.4. The zero-order valence-corrected chi connectivity index (χ0v) is 13.9. The summed E-state index contributed by atoms with van der Waals surface area (Å²) in [5.41, 5.74) is 2.81. The van der Waals surface area contributed by atoms with Crippen molar-refractivity contribution in [2.45, 2.75) is 26.9 Å². The van der Waals surface area contributed by atoms with Gasteiger partial charge in [-0.2, -0.15) is 0 Å². The Morgan fingerprint density at radius 1 is 1.10 bits per heavy atom. The van der Waals surface area contributed by atoms with Crippen molar-refractivity contribution < 1.29 is 9.84 Å². The van der Waals surface area contributed by atoms with Gasteiger partial charge in [-0.15, -0.1) is 0 Å². The largest absolute Gasteiger partial charge is 0.457 e. The fourth-order valence-electron chi connectivity index (χ4n) is 2.01. The van der Waals surface area contributed by atoms with Gasteiger partial charge in [0.05, 0.1) is 6.10 Å². The monoisotopic (exact) mass is 354 g/mol. The van der Waals surface area contributed by atoms with Crippen molar-refractivity contribution in [3.63, 3.8) is 0 Å². The van der Waals surface area contributed by atoms with Crippen LogP contribution in [0.1, 0.15) is 29.7 Å². The fourth-order valence-corrected chi connectivity index (χ4v) is 2.81. The second kappa shape index (κ2) is 6.17. The number of rotatable bonds is 3. The molecular weight excluding hydrogens is 340 g/mol. The molecule has 4 heteroatoms. The van der Waals surface area contributed by atoms with Crippen LogP contribution in [0.4, 0.5) is 0 Å². The molecule has 2 aromatic carbocycles. The van der Waals surface area contributed by atoms with Crippen LogP contribution in [-0.4, -0.2) is 5.11 Å². The van der Waals surface area contributed by atoms with Gasteiger partial charge in [-0.3, -0.25) is 0 Å². The molecule has 1 unspecified atom stereocenters. The number of aryl methyl sites for hydroxylation is 2. The van der Waals surface area contributed by atoms with Crippen molar-refractivity contribution >= 4 is 27.5 Å². The van der Waals surface area contributed by atoms with Crippen LogP contribution in [0.3, 0.4) is 0 Å². The van der Waals surface area contributed by atoms with E-state index in [-0.39, 0.29) is 0 Å². The number of hydrogen-bond acceptors (Lipinski definition) is 2. The molecule has 0 radical (unpaired) electrons. The number of benzene rings is 2. The van der Waals surface area contributed by atoms with E-state index in [1.54, 1.807) is 6.92 Å². The first kappa shape index (κ1) is 15.4. The van der Waals surface area contributed by atoms with Crippen LogP contribution < -0.4 is 4.74 Å². The first-order chi connectivity index (χ1) is 9.38. The molecule has 0 aliphatic rings. The van der Waals surface area contributed by atoms with Gasteiger partial charge in [0.1, 0.15) is 11.5 Å². The third-order valence-corrected chi connectivity index (χ3v) is 4.35. The lowest BCUT2D eigenvalue weighted by Gasteiger charge is -2.12. The number of aliphatic hydroxyl groups is 1. The van der Waals surface area contributed by atoms with Gasteiger partial charge in [-0.1, -0.05) is 33.6 Å². The molecule has 0 spiro atoms. The second-order valence-electron chi connectivity index (χ2n) is 4.83. The average molecular weight is 356 g/mol. The zero-order valence-electron chi connectivity index (χ0n) is 11.6. The van der Waals surface area contributed by atoms with Crippen LogP contribution >= 0.6 is 27.5 Å². The zero-order chi connectivity index (χ0) is 14.9. The summed E-state index contributed by atoms with van der Waals surface area (Å²) in [6.45, 7) is 5.63. The molecule has 0 bridgehead atoms. The molecule has 106 valence electrons. The molecule has 2 nitrogen and oxygen atoms in total. The molecule has 0 saturated carbocycles. The summed E-state index contributed by atoms with van der Waals surface area (Å²) >= 11 is 9.58. The summed E-state index contributed by atoms with van der Waals surface area (Å²) in [6.07, 6.45) is -0.515. The Hall–Kier alpha value is -1.03. The molecule has 2 aromatic rings. The normalized spacial score (nSPS) is 12.3. The van der Waals surface area contributed by atoms with Crippen LogP contribution in [0.15, 0.2) is 34.8 Å². The predicted octanol–water partition coefficient (Wildman–Crippen LogP) is 5.56. The highest BCUT2D eigenvalue weighted by Gasteiger charge is 2.09. The van der Waals surface area contributed by atoms with Gasteiger partial charge in [0.15, 0.2) is 0 Å². The van der Waals surface area contributed by atoms with Crippen molar-refractivity contribution in [1.82, 2.24) is 0 Å². The van der Waals surface area contributed by atoms with E-state index in [2.05, 4.69) is 15.9 Å². The van der Waals surface area contributed by atoms with Gasteiger partial charge >= 0.3 is 0 Å². The molecule has 1 N–H and O–H groups in total. The van der Waals surface area contributed by atoms with Gasteiger partial charge in [0.25, 0.3) is 0 Å². The molecule has 0 amide bonds. The lowest BCUT2D eigenvalue weighted by atomic mass is 10.1. The van der Waals surface area contributed by atoms with E-state index in [0.717, 1.165) is 31.9 Å². The topological polar surface area (TPSA) is 29.5 Å². The predicted molar refractivity (Wildman–Crippen MR) is 85.8 cm³/mol. The summed E-state index contributed by atoms with van der Waals surface area (Å²) in [7, 11) is 0. The SMILES string of the molecule is Cc1cc(Oc2ccc(C(C)O)c(Br)c2)cc(C)c1Cl. The van der Waals surface area contributed by atoms with E-state index in [0.29, 0.717) is 5.75 Å². The van der Waals surface area contributed by atoms with Crippen molar-refractivity contribution in [2.24, 2.45) is 0 Å². The highest BCUT2D eigenvalue weighted by Crippen LogP contribution is 2.32. The fraction of sp³-hybridized carbons (Fsp3) is 0.250. The third-order valence-electron chi connectivity index (χ3n) is 3.07. The summed E-state index contributed by atoms with van der Waals surface area (Å²) in [5.74, 6) is 1.46. The first-order valence-electron chi connectivity index (χ1n) is 6.30. The number of aliphatic hydroxyl groups excluding tert-OH is 1. The van der Waals surface area contributed by atoms with Gasteiger partial charge in [0.2, 0.25) is 0 Å². The van der Waals surface area contributed by atoms with Crippen LogP contribution in [0.5, 0.6) is 11.5 Å². The molecular formula is C16H16BrClO2. The second-order valence-corrected chi connectivity index (χ2v) is 6.06. The van der Waals surface area contributed by atoms with Crippen molar-refractivity contribution in [1.29, 1.82) is 0 Å². The van der Waals surface area contributed by atoms with E-state index in [4.69, 9.17) is 16.3 Å². The number of halogens is 2. The highest BCUT2D eigenvalue weighted by atomic mass is 79.9. The van der Waals surface area contributed by atoms with Crippen molar-refractivity contribution in [3.8, 4) is 11.5 Å². The average Bonchev–Trinajstić information content (AvgIpc) is 2.35. The van der Waals surface area contributed by atoms with Gasteiger partial charge in [-0.05, 0) is 61.7 Å². The summed E-state index contributed by atoms with van der Waals surface area (Å²) in [4.78, 5) is 0. The van der Waals surface area contributed by atoms with Gasteiger partial charge in [0, 0.05) is 9.50 Å². The Kier molecular flexibility index (Phi) is 4.74. The minimum Gasteiger partial charge on any atom is -0.457 e. The Morgan fingerprint density at radius 2 is 1.70 bits per heavy atom. The van der Waals surface area contributed by atoms with Gasteiger partial charge in [-0.25, -0.2) is 0 Å². The minimum atomic E-state index is -0.515. The molecule has 0 saturated heterocycles. The first-order valence-corrected chi connectivity index (χ1v) is 7.47. The highest BCUT2D eigenvalue weighted by molar-refractivity contribution is 9.10. The Bertz CT molecular complexity index is 615. The number of hydrogen-bond donors (Lipinski definition) is 1. The smallest absolute Gasteiger partial charge is 0.128 e. The van der Waals surface area contributed by atoms with E-state index < -0.39 is 6.10 Å². The van der Waals surface area contributed by atoms with Crippen molar-refractivity contribution in [2.75, 3.05) is 0 Å². The molecule has 0 fully saturated rings. The molecule has 20 heavy (non-hydrogen) atoms. The molecule has 1 atom stereocenters. The molecule has 0 aromatic heterocycles. The van der Waals surface area contributed by atoms with E-state index in [1.807, 2.05) is 44.2 Å². The Balaban J connectivity index is 2.29. The standard InChI is InChI=1S/C16H16BrClO2/c1-9-6-13(7-10(2)16(9)18)20-12-4-5-14(11(3)19)15(17)8-12/h4-8,11,19H,1-3H3. The van der Waals surface area contributed by atoms with Crippen molar-refractivity contribution in [3.05, 3.63) is 56.5 Å². The molecule has 0 heterocycles. The molecule has 2 rings (SSSR count). The van der Waals surface area contributed by atoms with Crippen LogP contribution in [0.2, 0.25) is 5.02 Å². The quantitative estimate of drug-likeness (QED) is 0.780. The van der Waals surface area contributed by atoms with Gasteiger partial charge < -0.3 is 9.84 Å². The maximum absolute atomic E-state index is 9.60. The lowest BCUT2D eigenvalue weighted by molar-refractivity contribution is 0.198. The third kappa shape index (κ3) is 3.35.